The van der Waals surface area contributed by atoms with Gasteiger partial charge >= 0.3 is 0 Å². The lowest BCUT2D eigenvalue weighted by Gasteiger charge is -2.12. The van der Waals surface area contributed by atoms with Gasteiger partial charge in [0, 0.05) is 15.6 Å². The molecule has 0 aliphatic carbocycles. The number of halogens is 2. The van der Waals surface area contributed by atoms with Crippen LogP contribution in [0, 0.1) is 5.41 Å². The molecule has 1 atom stereocenters. The van der Waals surface area contributed by atoms with E-state index in [-0.39, 0.29) is 27.5 Å². The lowest BCUT2D eigenvalue weighted by atomic mass is 10.0. The molecule has 126 valence electrons. The number of nitrogens with two attached hydrogens (primary N) is 2. The summed E-state index contributed by atoms with van der Waals surface area (Å²) < 4.78 is 5.50. The largest absolute Gasteiger partial charge is 0.461 e. The molecule has 12 heteroatoms. The van der Waals surface area contributed by atoms with E-state index in [9.17, 15) is 0 Å². The standard InChI is InChI=1S/C12H11Cl2N7OS2/c13-4-1-2-5(6(14)3-4)9-7(18-20-11(16)23)8(10(15)22-9)19-21-12(17)24/h1-3,9,15H,(H3,16,20,23)(H3,17,21,24). The highest BCUT2D eigenvalue weighted by Crippen LogP contribution is 2.33. The van der Waals surface area contributed by atoms with Crippen LogP contribution in [0.4, 0.5) is 0 Å². The van der Waals surface area contributed by atoms with Crippen molar-refractivity contribution >= 4 is 75.2 Å². The van der Waals surface area contributed by atoms with Crippen molar-refractivity contribution in [2.24, 2.45) is 21.7 Å². The van der Waals surface area contributed by atoms with E-state index in [1.165, 1.54) is 0 Å². The van der Waals surface area contributed by atoms with Crippen LogP contribution in [0.3, 0.4) is 0 Å². The second-order valence-corrected chi connectivity index (χ2v) is 6.13. The molecule has 0 amide bonds. The Morgan fingerprint density at radius 3 is 2.38 bits per heavy atom. The van der Waals surface area contributed by atoms with Crippen LogP contribution in [-0.2, 0) is 4.74 Å². The lowest BCUT2D eigenvalue weighted by molar-refractivity contribution is 0.274. The van der Waals surface area contributed by atoms with Gasteiger partial charge in [0.1, 0.15) is 5.71 Å². The number of ether oxygens (including phenoxy) is 1. The van der Waals surface area contributed by atoms with E-state index in [2.05, 4.69) is 33.3 Å². The van der Waals surface area contributed by atoms with E-state index in [0.29, 0.717) is 15.6 Å². The molecule has 0 spiro atoms. The molecule has 1 saturated heterocycles. The predicted molar refractivity (Wildman–Crippen MR) is 103 cm³/mol. The Hall–Kier alpha value is -2.01. The third-order valence-corrected chi connectivity index (χ3v) is 3.50. The van der Waals surface area contributed by atoms with Crippen LogP contribution in [0.15, 0.2) is 28.4 Å². The second kappa shape index (κ2) is 7.71. The second-order valence-electron chi connectivity index (χ2n) is 4.40. The number of hydrazone groups is 2. The van der Waals surface area contributed by atoms with Gasteiger partial charge in [-0.2, -0.15) is 10.2 Å². The summed E-state index contributed by atoms with van der Waals surface area (Å²) in [6, 6.07) is 4.84. The van der Waals surface area contributed by atoms with E-state index in [1.807, 2.05) is 0 Å². The predicted octanol–water partition coefficient (Wildman–Crippen LogP) is 1.42. The third kappa shape index (κ3) is 4.29. The first-order chi connectivity index (χ1) is 11.3. The van der Waals surface area contributed by atoms with Crippen LogP contribution in [0.5, 0.6) is 0 Å². The number of thiocarbonyl (C=S) groups is 2. The van der Waals surface area contributed by atoms with Crippen molar-refractivity contribution in [1.82, 2.24) is 10.9 Å². The Morgan fingerprint density at radius 2 is 1.79 bits per heavy atom. The molecule has 0 radical (unpaired) electrons. The summed E-state index contributed by atoms with van der Waals surface area (Å²) in [7, 11) is 0. The first-order valence-corrected chi connectivity index (χ1v) is 7.84. The number of rotatable bonds is 3. The van der Waals surface area contributed by atoms with Crippen molar-refractivity contribution < 1.29 is 4.74 Å². The van der Waals surface area contributed by atoms with Gasteiger partial charge in [-0.25, -0.2) is 0 Å². The van der Waals surface area contributed by atoms with Gasteiger partial charge in [0.15, 0.2) is 22.0 Å². The van der Waals surface area contributed by atoms with Gasteiger partial charge in [-0.05, 0) is 36.6 Å². The zero-order valence-corrected chi connectivity index (χ0v) is 15.0. The summed E-state index contributed by atoms with van der Waals surface area (Å²) in [5, 5.41) is 16.5. The summed E-state index contributed by atoms with van der Waals surface area (Å²) in [5.74, 6) is -0.252. The minimum absolute atomic E-state index is 0.0662. The molecule has 24 heavy (non-hydrogen) atoms. The topological polar surface area (TPSA) is 134 Å². The van der Waals surface area contributed by atoms with Crippen molar-refractivity contribution in [3.63, 3.8) is 0 Å². The number of hydrogen-bond donors (Lipinski definition) is 5. The maximum absolute atomic E-state index is 7.94. The number of hydrogen-bond acceptors (Lipinski definition) is 6. The summed E-state index contributed by atoms with van der Waals surface area (Å²) in [6.07, 6.45) is -0.809. The smallest absolute Gasteiger partial charge is 0.237 e. The molecule has 2 rings (SSSR count). The summed E-state index contributed by atoms with van der Waals surface area (Å²) in [6.45, 7) is 0. The zero-order valence-electron chi connectivity index (χ0n) is 11.8. The van der Waals surface area contributed by atoms with Gasteiger partial charge in [0.05, 0.1) is 0 Å². The van der Waals surface area contributed by atoms with E-state index in [0.717, 1.165) is 0 Å². The molecule has 0 saturated carbocycles. The molecular weight excluding hydrogens is 393 g/mol. The van der Waals surface area contributed by atoms with Crippen LogP contribution < -0.4 is 22.3 Å². The highest BCUT2D eigenvalue weighted by atomic mass is 35.5. The average molecular weight is 404 g/mol. The van der Waals surface area contributed by atoms with Crippen molar-refractivity contribution in [3.05, 3.63) is 33.8 Å². The van der Waals surface area contributed by atoms with Gasteiger partial charge in [0.25, 0.3) is 0 Å². The summed E-state index contributed by atoms with van der Waals surface area (Å²) >= 11 is 21.5. The maximum atomic E-state index is 7.94. The minimum Gasteiger partial charge on any atom is -0.461 e. The molecule has 1 heterocycles. The van der Waals surface area contributed by atoms with Crippen molar-refractivity contribution in [3.8, 4) is 0 Å². The molecule has 1 aliphatic rings. The van der Waals surface area contributed by atoms with Crippen LogP contribution in [0.1, 0.15) is 11.7 Å². The molecule has 1 aromatic rings. The Morgan fingerprint density at radius 1 is 1.17 bits per heavy atom. The van der Waals surface area contributed by atoms with Gasteiger partial charge < -0.3 is 16.2 Å². The molecule has 7 N–H and O–H groups in total. The van der Waals surface area contributed by atoms with Crippen molar-refractivity contribution in [2.45, 2.75) is 6.10 Å². The molecule has 8 nitrogen and oxygen atoms in total. The van der Waals surface area contributed by atoms with Crippen molar-refractivity contribution in [2.75, 3.05) is 0 Å². The first kappa shape index (κ1) is 18.3. The molecule has 0 aromatic heterocycles. The Bertz CT molecular complexity index is 781. The number of nitrogens with one attached hydrogen (secondary N) is 3. The highest BCUT2D eigenvalue weighted by Gasteiger charge is 2.38. The van der Waals surface area contributed by atoms with Crippen molar-refractivity contribution in [1.29, 1.82) is 5.41 Å². The highest BCUT2D eigenvalue weighted by molar-refractivity contribution is 7.80. The molecule has 1 unspecified atom stereocenters. The van der Waals surface area contributed by atoms with E-state index >= 15 is 0 Å². The fourth-order valence-corrected chi connectivity index (χ4v) is 2.44. The quantitative estimate of drug-likeness (QED) is 0.380. The van der Waals surface area contributed by atoms with Crippen LogP contribution in [0.25, 0.3) is 0 Å². The fourth-order valence-electron chi connectivity index (χ4n) is 1.84. The Balaban J connectivity index is 2.48. The van der Waals surface area contributed by atoms with Gasteiger partial charge in [-0.15, -0.1) is 0 Å². The maximum Gasteiger partial charge on any atom is 0.237 e. The number of benzene rings is 1. The Labute approximate surface area is 157 Å². The van der Waals surface area contributed by atoms with E-state index in [1.54, 1.807) is 18.2 Å². The normalized spacial score (nSPS) is 20.1. The van der Waals surface area contributed by atoms with Gasteiger partial charge in [-0.3, -0.25) is 16.3 Å². The number of nitrogens with zero attached hydrogens (tertiary/aromatic N) is 2. The van der Waals surface area contributed by atoms with Crippen LogP contribution in [-0.4, -0.2) is 27.5 Å². The minimum atomic E-state index is -0.809. The Kier molecular flexibility index (Phi) is 5.89. The molecular formula is C12H11Cl2N7OS2. The average Bonchev–Trinajstić information content (AvgIpc) is 2.78. The summed E-state index contributed by atoms with van der Waals surface area (Å²) in [5.41, 5.74) is 16.4. The van der Waals surface area contributed by atoms with E-state index < -0.39 is 6.10 Å². The summed E-state index contributed by atoms with van der Waals surface area (Å²) in [4.78, 5) is 0. The van der Waals surface area contributed by atoms with Gasteiger partial charge in [0.2, 0.25) is 5.90 Å². The van der Waals surface area contributed by atoms with E-state index in [4.69, 9.17) is 57.0 Å². The SMILES string of the molecule is N=C1OC(c2ccc(Cl)cc2Cl)C(=NNC(N)=S)C1=NNC(N)=S. The van der Waals surface area contributed by atoms with Crippen LogP contribution >= 0.6 is 47.6 Å². The monoisotopic (exact) mass is 403 g/mol. The molecule has 1 fully saturated rings. The zero-order chi connectivity index (χ0) is 17.9. The fraction of sp³-hybridized carbons (Fsp3) is 0.0833. The third-order valence-electron chi connectivity index (χ3n) is 2.75. The molecule has 1 aromatic carbocycles. The lowest BCUT2D eigenvalue weighted by Crippen LogP contribution is -2.31. The first-order valence-electron chi connectivity index (χ1n) is 6.26. The van der Waals surface area contributed by atoms with Crippen LogP contribution in [0.2, 0.25) is 10.0 Å². The molecule has 1 aliphatic heterocycles. The van der Waals surface area contributed by atoms with Gasteiger partial charge in [-0.1, -0.05) is 29.3 Å². The molecule has 0 bridgehead atoms.